The molecule has 2 N–H and O–H groups in total. The molecule has 0 aliphatic carbocycles. The van der Waals surface area contributed by atoms with E-state index < -0.39 is 17.5 Å². The summed E-state index contributed by atoms with van der Waals surface area (Å²) >= 11 is 5.70. The highest BCUT2D eigenvalue weighted by Crippen LogP contribution is 2.16. The second kappa shape index (κ2) is 4.61. The van der Waals surface area contributed by atoms with Crippen molar-refractivity contribution in [3.05, 3.63) is 46.7 Å². The number of aliphatic hydroxyl groups is 1. The average Bonchev–Trinajstić information content (AvgIpc) is 2.18. The minimum Gasteiger partial charge on any atom is -0.502 e. The number of aliphatic carboxylic acids is 1. The molecule has 0 radical (unpaired) electrons. The fraction of sp³-hybridized carbons (Fsp3) is 0. The Bertz CT molecular complexity index is 437. The van der Waals surface area contributed by atoms with Gasteiger partial charge >= 0.3 is 5.97 Å². The van der Waals surface area contributed by atoms with Crippen molar-refractivity contribution in [2.24, 2.45) is 0 Å². The third-order valence-corrected chi connectivity index (χ3v) is 1.96. The molecule has 5 heteroatoms. The molecule has 0 amide bonds. The monoisotopic (exact) mass is 226 g/mol. The summed E-state index contributed by atoms with van der Waals surface area (Å²) in [6.45, 7) is 0. The molecule has 0 atom stereocenters. The number of carbonyl (C=O) groups is 2. The lowest BCUT2D eigenvalue weighted by Crippen LogP contribution is -2.04. The summed E-state index contributed by atoms with van der Waals surface area (Å²) in [5.41, 5.74) is 0.145. The van der Waals surface area contributed by atoms with E-state index in [1.54, 1.807) is 12.1 Å². The molecule has 1 rings (SSSR count). The van der Waals surface area contributed by atoms with Crippen molar-refractivity contribution in [1.29, 1.82) is 0 Å². The smallest absolute Gasteiger partial charge is 0.371 e. The minimum atomic E-state index is -1.56. The Balaban J connectivity index is 3.02. The molecule has 4 nitrogen and oxygen atoms in total. The van der Waals surface area contributed by atoms with Crippen molar-refractivity contribution in [3.8, 4) is 0 Å². The van der Waals surface area contributed by atoms with Crippen LogP contribution in [0.5, 0.6) is 0 Å². The number of carboxylic acid groups (broad SMARTS) is 1. The molecule has 1 aromatic carbocycles. The van der Waals surface area contributed by atoms with Crippen molar-refractivity contribution < 1.29 is 19.8 Å². The number of carboxylic acids is 1. The Kier molecular flexibility index (Phi) is 3.46. The highest BCUT2D eigenvalue weighted by Gasteiger charge is 2.11. The molecule has 0 heterocycles. The van der Waals surface area contributed by atoms with Gasteiger partial charge in [-0.3, -0.25) is 4.79 Å². The lowest BCUT2D eigenvalue weighted by atomic mass is 10.1. The highest BCUT2D eigenvalue weighted by molar-refractivity contribution is 6.34. The Morgan fingerprint density at radius 1 is 1.20 bits per heavy atom. The molecule has 1 aromatic rings. The Labute approximate surface area is 90.4 Å². The van der Waals surface area contributed by atoms with E-state index in [0.717, 1.165) is 0 Å². The summed E-state index contributed by atoms with van der Waals surface area (Å²) < 4.78 is 0. The van der Waals surface area contributed by atoms with Gasteiger partial charge in [0, 0.05) is 11.6 Å². The SMILES string of the molecule is O=C(O)C(O)=CC(=O)c1ccccc1Cl. The third-order valence-electron chi connectivity index (χ3n) is 1.63. The molecule has 78 valence electrons. The van der Waals surface area contributed by atoms with Crippen LogP contribution >= 0.6 is 11.6 Å². The van der Waals surface area contributed by atoms with Crippen molar-refractivity contribution in [2.45, 2.75) is 0 Å². The fourth-order valence-corrected chi connectivity index (χ4v) is 1.15. The number of hydrogen-bond acceptors (Lipinski definition) is 3. The zero-order valence-electron chi connectivity index (χ0n) is 7.48. The van der Waals surface area contributed by atoms with E-state index in [1.165, 1.54) is 12.1 Å². The van der Waals surface area contributed by atoms with Gasteiger partial charge in [0.05, 0.1) is 5.02 Å². The van der Waals surface area contributed by atoms with Gasteiger partial charge in [-0.15, -0.1) is 0 Å². The lowest BCUT2D eigenvalue weighted by Gasteiger charge is -1.98. The highest BCUT2D eigenvalue weighted by atomic mass is 35.5. The van der Waals surface area contributed by atoms with Crippen LogP contribution in [0.1, 0.15) is 10.4 Å². The van der Waals surface area contributed by atoms with Gasteiger partial charge in [-0.1, -0.05) is 23.7 Å². The lowest BCUT2D eigenvalue weighted by molar-refractivity contribution is -0.135. The van der Waals surface area contributed by atoms with Crippen molar-refractivity contribution in [1.82, 2.24) is 0 Å². The van der Waals surface area contributed by atoms with Gasteiger partial charge in [-0.2, -0.15) is 0 Å². The molecule has 0 saturated heterocycles. The number of allylic oxidation sites excluding steroid dienone is 1. The van der Waals surface area contributed by atoms with E-state index in [0.29, 0.717) is 6.08 Å². The van der Waals surface area contributed by atoms with Crippen LogP contribution in [0.4, 0.5) is 0 Å². The molecule has 0 aliphatic rings. The normalized spacial score (nSPS) is 11.1. The van der Waals surface area contributed by atoms with Crippen molar-refractivity contribution in [3.63, 3.8) is 0 Å². The zero-order valence-corrected chi connectivity index (χ0v) is 8.23. The van der Waals surface area contributed by atoms with E-state index in [9.17, 15) is 9.59 Å². The van der Waals surface area contributed by atoms with Crippen LogP contribution in [0, 0.1) is 0 Å². The first-order valence-corrected chi connectivity index (χ1v) is 4.33. The summed E-state index contributed by atoms with van der Waals surface area (Å²) in [7, 11) is 0. The largest absolute Gasteiger partial charge is 0.502 e. The topological polar surface area (TPSA) is 74.6 Å². The van der Waals surface area contributed by atoms with Crippen LogP contribution in [0.15, 0.2) is 36.1 Å². The maximum atomic E-state index is 11.4. The molecule has 0 unspecified atom stereocenters. The first-order chi connectivity index (χ1) is 7.02. The minimum absolute atomic E-state index is 0.145. The first-order valence-electron chi connectivity index (χ1n) is 3.95. The number of benzene rings is 1. The molecule has 0 aliphatic heterocycles. The van der Waals surface area contributed by atoms with Crippen LogP contribution in [-0.2, 0) is 4.79 Å². The van der Waals surface area contributed by atoms with Gasteiger partial charge in [0.25, 0.3) is 0 Å². The maximum Gasteiger partial charge on any atom is 0.371 e. The molecule has 15 heavy (non-hydrogen) atoms. The summed E-state index contributed by atoms with van der Waals surface area (Å²) in [4.78, 5) is 21.6. The third kappa shape index (κ3) is 2.82. The predicted molar refractivity (Wildman–Crippen MR) is 54.1 cm³/mol. The summed E-state index contributed by atoms with van der Waals surface area (Å²) in [6.07, 6.45) is 0.615. The fourth-order valence-electron chi connectivity index (χ4n) is 0.925. The molecule has 0 fully saturated rings. The number of halogens is 1. The van der Waals surface area contributed by atoms with Gasteiger partial charge < -0.3 is 10.2 Å². The standard InChI is InChI=1S/C10H7ClO4/c11-7-4-2-1-3-6(7)8(12)5-9(13)10(14)15/h1-5,13H,(H,14,15). The summed E-state index contributed by atoms with van der Waals surface area (Å²) in [5.74, 6) is -3.23. The molecular formula is C10H7ClO4. The number of aliphatic hydroxyl groups excluding tert-OH is 1. The van der Waals surface area contributed by atoms with Crippen LogP contribution in [0.2, 0.25) is 5.02 Å². The predicted octanol–water partition coefficient (Wildman–Crippen LogP) is 2.05. The molecule has 0 bridgehead atoms. The van der Waals surface area contributed by atoms with Crippen LogP contribution < -0.4 is 0 Å². The van der Waals surface area contributed by atoms with Gasteiger partial charge in [0.15, 0.2) is 5.78 Å². The van der Waals surface area contributed by atoms with E-state index in [4.69, 9.17) is 21.8 Å². The zero-order chi connectivity index (χ0) is 11.4. The number of carbonyl (C=O) groups excluding carboxylic acids is 1. The number of hydrogen-bond donors (Lipinski definition) is 2. The summed E-state index contributed by atoms with van der Waals surface area (Å²) in [5, 5.41) is 17.4. The summed E-state index contributed by atoms with van der Waals surface area (Å²) in [6, 6.07) is 6.17. The van der Waals surface area contributed by atoms with Crippen LogP contribution in [0.3, 0.4) is 0 Å². The van der Waals surface area contributed by atoms with E-state index in [2.05, 4.69) is 0 Å². The second-order valence-electron chi connectivity index (χ2n) is 2.68. The number of rotatable bonds is 3. The maximum absolute atomic E-state index is 11.4. The first kappa shape index (κ1) is 11.3. The Hall–Kier alpha value is -1.81. The quantitative estimate of drug-likeness (QED) is 0.470. The molecule has 0 saturated carbocycles. The van der Waals surface area contributed by atoms with Crippen molar-refractivity contribution in [2.75, 3.05) is 0 Å². The average molecular weight is 227 g/mol. The molecular weight excluding hydrogens is 220 g/mol. The van der Waals surface area contributed by atoms with Crippen molar-refractivity contribution >= 4 is 23.4 Å². The van der Waals surface area contributed by atoms with Gasteiger partial charge in [0.2, 0.25) is 5.76 Å². The van der Waals surface area contributed by atoms with Crippen LogP contribution in [0.25, 0.3) is 0 Å². The van der Waals surface area contributed by atoms with E-state index >= 15 is 0 Å². The van der Waals surface area contributed by atoms with Crippen LogP contribution in [-0.4, -0.2) is 22.0 Å². The second-order valence-corrected chi connectivity index (χ2v) is 3.09. The Morgan fingerprint density at radius 3 is 2.33 bits per heavy atom. The molecule has 0 spiro atoms. The van der Waals surface area contributed by atoms with Gasteiger partial charge in [-0.05, 0) is 12.1 Å². The van der Waals surface area contributed by atoms with E-state index in [-0.39, 0.29) is 10.6 Å². The van der Waals surface area contributed by atoms with Gasteiger partial charge in [0.1, 0.15) is 0 Å². The Morgan fingerprint density at radius 2 is 1.80 bits per heavy atom. The van der Waals surface area contributed by atoms with Gasteiger partial charge in [-0.25, -0.2) is 4.79 Å². The van der Waals surface area contributed by atoms with E-state index in [1.807, 2.05) is 0 Å². The number of ketones is 1. The molecule has 0 aromatic heterocycles.